The molecule has 114 valence electrons. The molecule has 0 bridgehead atoms. The molecule has 2 heterocycles. The number of carbonyl (C=O) groups excluding carboxylic acids is 1. The van der Waals surface area contributed by atoms with Crippen LogP contribution in [0.5, 0.6) is 0 Å². The molecule has 1 atom stereocenters. The highest BCUT2D eigenvalue weighted by atomic mass is 16.1. The van der Waals surface area contributed by atoms with Crippen molar-refractivity contribution in [3.8, 4) is 0 Å². The van der Waals surface area contributed by atoms with Crippen LogP contribution in [0.15, 0.2) is 6.07 Å². The molecule has 21 heavy (non-hydrogen) atoms. The van der Waals surface area contributed by atoms with E-state index in [0.717, 1.165) is 37.2 Å². The summed E-state index contributed by atoms with van der Waals surface area (Å²) in [5.74, 6) is 0.736. The van der Waals surface area contributed by atoms with Gasteiger partial charge in [-0.2, -0.15) is 0 Å². The number of carbonyl (C=O) groups is 1. The van der Waals surface area contributed by atoms with Crippen molar-refractivity contribution in [2.24, 2.45) is 16.9 Å². The van der Waals surface area contributed by atoms with E-state index in [1.165, 1.54) is 24.1 Å². The van der Waals surface area contributed by atoms with E-state index in [2.05, 4.69) is 11.0 Å². The lowest BCUT2D eigenvalue weighted by atomic mass is 9.89. The third kappa shape index (κ3) is 2.50. The summed E-state index contributed by atoms with van der Waals surface area (Å²) < 4.78 is 0. The number of pyridine rings is 1. The SMILES string of the molecule is CC1(C(N)=O)CCN(c2nc3c(cc2CN)CCCC3)C1. The van der Waals surface area contributed by atoms with Gasteiger partial charge >= 0.3 is 0 Å². The van der Waals surface area contributed by atoms with E-state index in [1.54, 1.807) is 0 Å². The molecule has 1 aromatic rings. The van der Waals surface area contributed by atoms with E-state index in [0.29, 0.717) is 13.1 Å². The molecule has 5 heteroatoms. The Morgan fingerprint density at radius 3 is 2.86 bits per heavy atom. The summed E-state index contributed by atoms with van der Waals surface area (Å²) in [7, 11) is 0. The van der Waals surface area contributed by atoms with Crippen LogP contribution in [0.3, 0.4) is 0 Å². The molecule has 0 spiro atoms. The fourth-order valence-corrected chi connectivity index (χ4v) is 3.44. The molecule has 1 fully saturated rings. The van der Waals surface area contributed by atoms with Crippen LogP contribution in [0.4, 0.5) is 5.82 Å². The van der Waals surface area contributed by atoms with Gasteiger partial charge in [-0.1, -0.05) is 0 Å². The van der Waals surface area contributed by atoms with Gasteiger partial charge in [-0.05, 0) is 50.7 Å². The summed E-state index contributed by atoms with van der Waals surface area (Å²) in [4.78, 5) is 18.7. The Morgan fingerprint density at radius 2 is 2.19 bits per heavy atom. The number of primary amides is 1. The van der Waals surface area contributed by atoms with Crippen LogP contribution in [-0.4, -0.2) is 24.0 Å². The second kappa shape index (κ2) is 5.30. The topological polar surface area (TPSA) is 85.2 Å². The number of aromatic nitrogens is 1. The van der Waals surface area contributed by atoms with Crippen molar-refractivity contribution in [3.05, 3.63) is 22.9 Å². The number of hydrogen-bond donors (Lipinski definition) is 2. The predicted molar refractivity (Wildman–Crippen MR) is 82.9 cm³/mol. The summed E-state index contributed by atoms with van der Waals surface area (Å²) in [5.41, 5.74) is 14.7. The molecule has 1 aliphatic heterocycles. The van der Waals surface area contributed by atoms with Crippen LogP contribution in [0, 0.1) is 5.41 Å². The average molecular weight is 288 g/mol. The summed E-state index contributed by atoms with van der Waals surface area (Å²) in [6.07, 6.45) is 5.38. The smallest absolute Gasteiger partial charge is 0.225 e. The third-order valence-corrected chi connectivity index (χ3v) is 4.94. The molecule has 1 unspecified atom stereocenters. The van der Waals surface area contributed by atoms with Gasteiger partial charge in [0.15, 0.2) is 0 Å². The van der Waals surface area contributed by atoms with Gasteiger partial charge in [-0.3, -0.25) is 4.79 Å². The number of hydrogen-bond acceptors (Lipinski definition) is 4. The highest BCUT2D eigenvalue weighted by molar-refractivity contribution is 5.82. The molecule has 5 nitrogen and oxygen atoms in total. The molecule has 0 radical (unpaired) electrons. The molecule has 1 aliphatic carbocycles. The second-order valence-corrected chi connectivity index (χ2v) is 6.58. The van der Waals surface area contributed by atoms with E-state index >= 15 is 0 Å². The summed E-state index contributed by atoms with van der Waals surface area (Å²) in [6, 6.07) is 2.22. The monoisotopic (exact) mass is 288 g/mol. The zero-order chi connectivity index (χ0) is 15.0. The fraction of sp³-hybridized carbons (Fsp3) is 0.625. The lowest BCUT2D eigenvalue weighted by Crippen LogP contribution is -2.37. The van der Waals surface area contributed by atoms with Gasteiger partial charge in [0.05, 0.1) is 5.41 Å². The van der Waals surface area contributed by atoms with Crippen molar-refractivity contribution in [2.75, 3.05) is 18.0 Å². The minimum absolute atomic E-state index is 0.225. The highest BCUT2D eigenvalue weighted by Crippen LogP contribution is 2.35. The van der Waals surface area contributed by atoms with Gasteiger partial charge in [0.25, 0.3) is 0 Å². The number of nitrogens with two attached hydrogens (primary N) is 2. The Bertz CT molecular complexity index is 572. The van der Waals surface area contributed by atoms with E-state index < -0.39 is 5.41 Å². The molecule has 1 amide bonds. The van der Waals surface area contributed by atoms with E-state index in [9.17, 15) is 4.79 Å². The largest absolute Gasteiger partial charge is 0.369 e. The Balaban J connectivity index is 1.93. The molecule has 3 rings (SSSR count). The summed E-state index contributed by atoms with van der Waals surface area (Å²) in [5, 5.41) is 0. The third-order valence-electron chi connectivity index (χ3n) is 4.94. The van der Waals surface area contributed by atoms with Gasteiger partial charge < -0.3 is 16.4 Å². The van der Waals surface area contributed by atoms with Crippen molar-refractivity contribution in [2.45, 2.75) is 45.6 Å². The van der Waals surface area contributed by atoms with Gasteiger partial charge in [0.1, 0.15) is 5.82 Å². The lowest BCUT2D eigenvalue weighted by molar-refractivity contribution is -0.125. The number of rotatable bonds is 3. The molecular weight excluding hydrogens is 264 g/mol. The molecule has 1 aromatic heterocycles. The number of amides is 1. The zero-order valence-corrected chi connectivity index (χ0v) is 12.7. The standard InChI is InChI=1S/C16H24N4O/c1-16(15(18)21)6-7-20(10-16)14-12(9-17)8-11-4-2-3-5-13(11)19-14/h8H,2-7,9-10,17H2,1H3,(H2,18,21). The first-order chi connectivity index (χ1) is 10.0. The van der Waals surface area contributed by atoms with E-state index in [1.807, 2.05) is 6.92 Å². The first kappa shape index (κ1) is 14.3. The average Bonchev–Trinajstić information content (AvgIpc) is 2.89. The van der Waals surface area contributed by atoms with Crippen LogP contribution in [0.25, 0.3) is 0 Å². The van der Waals surface area contributed by atoms with Crippen LogP contribution < -0.4 is 16.4 Å². The van der Waals surface area contributed by atoms with Crippen molar-refractivity contribution >= 4 is 11.7 Å². The van der Waals surface area contributed by atoms with Gasteiger partial charge in [0.2, 0.25) is 5.91 Å². The minimum Gasteiger partial charge on any atom is -0.369 e. The Hall–Kier alpha value is -1.62. The Kier molecular flexibility index (Phi) is 3.61. The number of anilines is 1. The van der Waals surface area contributed by atoms with Crippen LogP contribution in [0.2, 0.25) is 0 Å². The first-order valence-electron chi connectivity index (χ1n) is 7.80. The lowest BCUT2D eigenvalue weighted by Gasteiger charge is -2.26. The first-order valence-corrected chi connectivity index (χ1v) is 7.80. The Morgan fingerprint density at radius 1 is 1.43 bits per heavy atom. The highest BCUT2D eigenvalue weighted by Gasteiger charge is 2.40. The van der Waals surface area contributed by atoms with Gasteiger partial charge in [-0.15, -0.1) is 0 Å². The van der Waals surface area contributed by atoms with E-state index in [-0.39, 0.29) is 5.91 Å². The molecule has 0 aromatic carbocycles. The van der Waals surface area contributed by atoms with Crippen molar-refractivity contribution in [1.82, 2.24) is 4.98 Å². The number of fused-ring (bicyclic) bond motifs is 1. The molecule has 0 saturated carbocycles. The van der Waals surface area contributed by atoms with Crippen molar-refractivity contribution in [1.29, 1.82) is 0 Å². The molecular formula is C16H24N4O. The molecule has 2 aliphatic rings. The normalized spacial score (nSPS) is 25.0. The second-order valence-electron chi connectivity index (χ2n) is 6.58. The Labute approximate surface area is 125 Å². The quantitative estimate of drug-likeness (QED) is 0.873. The van der Waals surface area contributed by atoms with Crippen molar-refractivity contribution in [3.63, 3.8) is 0 Å². The summed E-state index contributed by atoms with van der Waals surface area (Å²) >= 11 is 0. The van der Waals surface area contributed by atoms with Crippen LogP contribution >= 0.6 is 0 Å². The van der Waals surface area contributed by atoms with E-state index in [4.69, 9.17) is 16.5 Å². The van der Waals surface area contributed by atoms with Crippen LogP contribution in [-0.2, 0) is 24.2 Å². The van der Waals surface area contributed by atoms with Gasteiger partial charge in [-0.25, -0.2) is 4.98 Å². The molecule has 4 N–H and O–H groups in total. The van der Waals surface area contributed by atoms with Crippen molar-refractivity contribution < 1.29 is 4.79 Å². The maximum atomic E-state index is 11.6. The number of nitrogens with zero attached hydrogens (tertiary/aromatic N) is 2. The van der Waals surface area contributed by atoms with Crippen LogP contribution in [0.1, 0.15) is 43.0 Å². The molecule has 1 saturated heterocycles. The summed E-state index contributed by atoms with van der Waals surface area (Å²) in [6.45, 7) is 3.88. The minimum atomic E-state index is -0.455. The maximum absolute atomic E-state index is 11.6. The maximum Gasteiger partial charge on any atom is 0.225 e. The van der Waals surface area contributed by atoms with Gasteiger partial charge in [0, 0.05) is 30.9 Å². The fourth-order valence-electron chi connectivity index (χ4n) is 3.44. The number of aryl methyl sites for hydroxylation is 2. The zero-order valence-electron chi connectivity index (χ0n) is 12.7. The predicted octanol–water partition coefficient (Wildman–Crippen LogP) is 1.12.